The van der Waals surface area contributed by atoms with Crippen molar-refractivity contribution >= 4 is 18.1 Å². The summed E-state index contributed by atoms with van der Waals surface area (Å²) in [6.45, 7) is 2.34. The molecule has 0 unspecified atom stereocenters. The van der Waals surface area contributed by atoms with Crippen LogP contribution in [0.1, 0.15) is 27.2 Å². The standard InChI is InChI=1S/C19H20N2O4/c1-14-11-16(12-21-17(14)18(22)24-2)9-6-10-20-19(23)25-13-15-7-4-3-5-8-15/h3-9,11-12H,10,13H2,1-2H3,(H,20,23). The van der Waals surface area contributed by atoms with E-state index >= 15 is 0 Å². The molecule has 0 fully saturated rings. The maximum absolute atomic E-state index is 11.6. The topological polar surface area (TPSA) is 77.5 Å². The van der Waals surface area contributed by atoms with E-state index in [4.69, 9.17) is 4.74 Å². The number of amides is 1. The smallest absolute Gasteiger partial charge is 0.407 e. The number of hydrogen-bond donors (Lipinski definition) is 1. The number of alkyl carbamates (subject to hydrolysis) is 1. The first-order valence-electron chi connectivity index (χ1n) is 7.76. The zero-order chi connectivity index (χ0) is 18.1. The highest BCUT2D eigenvalue weighted by molar-refractivity contribution is 5.88. The van der Waals surface area contributed by atoms with Crippen molar-refractivity contribution in [3.63, 3.8) is 0 Å². The largest absolute Gasteiger partial charge is 0.464 e. The zero-order valence-corrected chi connectivity index (χ0v) is 14.2. The molecule has 1 heterocycles. The molecule has 0 radical (unpaired) electrons. The van der Waals surface area contributed by atoms with Gasteiger partial charge < -0.3 is 14.8 Å². The lowest BCUT2D eigenvalue weighted by atomic mass is 10.1. The van der Waals surface area contributed by atoms with E-state index in [9.17, 15) is 9.59 Å². The van der Waals surface area contributed by atoms with Crippen molar-refractivity contribution < 1.29 is 19.1 Å². The number of aromatic nitrogens is 1. The maximum Gasteiger partial charge on any atom is 0.407 e. The van der Waals surface area contributed by atoms with Crippen LogP contribution in [0.3, 0.4) is 0 Å². The fraction of sp³-hybridized carbons (Fsp3) is 0.211. The molecule has 6 nitrogen and oxygen atoms in total. The van der Waals surface area contributed by atoms with Crippen LogP contribution in [0.2, 0.25) is 0 Å². The van der Waals surface area contributed by atoms with Gasteiger partial charge in [-0.05, 0) is 29.7 Å². The normalized spacial score (nSPS) is 10.5. The molecule has 0 atom stereocenters. The number of hydrogen-bond acceptors (Lipinski definition) is 5. The minimum absolute atomic E-state index is 0.231. The van der Waals surface area contributed by atoms with E-state index in [0.29, 0.717) is 12.2 Å². The van der Waals surface area contributed by atoms with Gasteiger partial charge in [-0.15, -0.1) is 0 Å². The van der Waals surface area contributed by atoms with Crippen LogP contribution in [-0.4, -0.2) is 30.7 Å². The molecule has 130 valence electrons. The van der Waals surface area contributed by atoms with Gasteiger partial charge in [0.2, 0.25) is 0 Å². The maximum atomic E-state index is 11.6. The van der Waals surface area contributed by atoms with E-state index in [1.165, 1.54) is 7.11 Å². The molecular weight excluding hydrogens is 320 g/mol. The van der Waals surface area contributed by atoms with Crippen molar-refractivity contribution in [2.75, 3.05) is 13.7 Å². The van der Waals surface area contributed by atoms with E-state index in [-0.39, 0.29) is 6.61 Å². The molecule has 0 spiro atoms. The third-order valence-corrected chi connectivity index (χ3v) is 3.37. The number of aryl methyl sites for hydroxylation is 1. The number of carbonyl (C=O) groups excluding carboxylic acids is 2. The lowest BCUT2D eigenvalue weighted by molar-refractivity contribution is 0.0593. The Kier molecular flexibility index (Phi) is 6.71. The number of benzene rings is 1. The molecule has 0 aliphatic carbocycles. The fourth-order valence-electron chi connectivity index (χ4n) is 2.11. The molecule has 0 aliphatic heterocycles. The Bertz CT molecular complexity index is 757. The van der Waals surface area contributed by atoms with Gasteiger partial charge in [-0.1, -0.05) is 42.5 Å². The first-order valence-corrected chi connectivity index (χ1v) is 7.76. The summed E-state index contributed by atoms with van der Waals surface area (Å²) in [5, 5.41) is 2.63. The number of rotatable bonds is 6. The van der Waals surface area contributed by atoms with Gasteiger partial charge in [0.25, 0.3) is 0 Å². The van der Waals surface area contributed by atoms with Gasteiger partial charge in [-0.3, -0.25) is 0 Å². The summed E-state index contributed by atoms with van der Waals surface area (Å²) in [4.78, 5) is 27.2. The number of pyridine rings is 1. The van der Waals surface area contributed by atoms with E-state index < -0.39 is 12.1 Å². The summed E-state index contributed by atoms with van der Waals surface area (Å²) in [5.41, 5.74) is 2.77. The molecule has 6 heteroatoms. The molecule has 1 N–H and O–H groups in total. The number of nitrogens with zero attached hydrogens (tertiary/aromatic N) is 1. The van der Waals surface area contributed by atoms with Gasteiger partial charge in [-0.25, -0.2) is 14.6 Å². The molecule has 0 saturated heterocycles. The Labute approximate surface area is 146 Å². The van der Waals surface area contributed by atoms with Crippen molar-refractivity contribution in [2.45, 2.75) is 13.5 Å². The Hall–Kier alpha value is -3.15. The fourth-order valence-corrected chi connectivity index (χ4v) is 2.11. The first-order chi connectivity index (χ1) is 12.1. The predicted molar refractivity (Wildman–Crippen MR) is 94.0 cm³/mol. The van der Waals surface area contributed by atoms with Gasteiger partial charge in [0.05, 0.1) is 7.11 Å². The van der Waals surface area contributed by atoms with Crippen LogP contribution in [0, 0.1) is 6.92 Å². The van der Waals surface area contributed by atoms with E-state index in [2.05, 4.69) is 15.0 Å². The van der Waals surface area contributed by atoms with Crippen molar-refractivity contribution in [1.82, 2.24) is 10.3 Å². The van der Waals surface area contributed by atoms with Crippen LogP contribution in [0.4, 0.5) is 4.79 Å². The lowest BCUT2D eigenvalue weighted by Gasteiger charge is -2.05. The third-order valence-electron chi connectivity index (χ3n) is 3.37. The van der Waals surface area contributed by atoms with Gasteiger partial charge in [0.1, 0.15) is 6.61 Å². The van der Waals surface area contributed by atoms with Crippen molar-refractivity contribution in [2.24, 2.45) is 0 Å². The average molecular weight is 340 g/mol. The van der Waals surface area contributed by atoms with E-state index in [0.717, 1.165) is 16.7 Å². The quantitative estimate of drug-likeness (QED) is 0.818. The molecule has 2 rings (SSSR count). The van der Waals surface area contributed by atoms with Crippen LogP contribution in [-0.2, 0) is 16.1 Å². The summed E-state index contributed by atoms with van der Waals surface area (Å²) in [5.74, 6) is -0.462. The summed E-state index contributed by atoms with van der Waals surface area (Å²) in [6, 6.07) is 11.3. The number of carbonyl (C=O) groups is 2. The number of nitrogens with one attached hydrogen (secondary N) is 1. The SMILES string of the molecule is COC(=O)c1ncc(C=CCNC(=O)OCc2ccccc2)cc1C. The van der Waals surface area contributed by atoms with Crippen LogP contribution in [0.5, 0.6) is 0 Å². The van der Waals surface area contributed by atoms with E-state index in [1.807, 2.05) is 36.4 Å². The molecule has 1 amide bonds. The van der Waals surface area contributed by atoms with Crippen LogP contribution < -0.4 is 5.32 Å². The van der Waals surface area contributed by atoms with Gasteiger partial charge in [0.15, 0.2) is 5.69 Å². The average Bonchev–Trinajstić information content (AvgIpc) is 2.64. The highest BCUT2D eigenvalue weighted by Gasteiger charge is 2.10. The number of ether oxygens (including phenoxy) is 2. The van der Waals surface area contributed by atoms with Gasteiger partial charge >= 0.3 is 12.1 Å². The second-order valence-electron chi connectivity index (χ2n) is 5.27. The molecule has 0 bridgehead atoms. The lowest BCUT2D eigenvalue weighted by Crippen LogP contribution is -2.24. The second kappa shape index (κ2) is 9.22. The van der Waals surface area contributed by atoms with E-state index in [1.54, 1.807) is 25.3 Å². The Balaban J connectivity index is 1.78. The summed E-state index contributed by atoms with van der Waals surface area (Å²) in [7, 11) is 1.32. The Morgan fingerprint density at radius 1 is 1.24 bits per heavy atom. The monoisotopic (exact) mass is 340 g/mol. The van der Waals surface area contributed by atoms with Crippen LogP contribution in [0.25, 0.3) is 6.08 Å². The predicted octanol–water partition coefficient (Wildman–Crippen LogP) is 3.12. The minimum atomic E-state index is -0.483. The summed E-state index contributed by atoms with van der Waals surface area (Å²) in [6.07, 6.45) is 4.67. The first kappa shape index (κ1) is 18.2. The Morgan fingerprint density at radius 2 is 2.00 bits per heavy atom. The minimum Gasteiger partial charge on any atom is -0.464 e. The van der Waals surface area contributed by atoms with Gasteiger partial charge in [0, 0.05) is 12.7 Å². The summed E-state index contributed by atoms with van der Waals surface area (Å²) >= 11 is 0. The highest BCUT2D eigenvalue weighted by Crippen LogP contribution is 2.10. The molecule has 0 aliphatic rings. The highest BCUT2D eigenvalue weighted by atomic mass is 16.5. The van der Waals surface area contributed by atoms with Gasteiger partial charge in [-0.2, -0.15) is 0 Å². The molecule has 0 saturated carbocycles. The number of methoxy groups -OCH3 is 1. The Morgan fingerprint density at radius 3 is 2.68 bits per heavy atom. The van der Waals surface area contributed by atoms with Crippen LogP contribution >= 0.6 is 0 Å². The molecular formula is C19H20N2O4. The molecule has 25 heavy (non-hydrogen) atoms. The van der Waals surface area contributed by atoms with Crippen molar-refractivity contribution in [3.8, 4) is 0 Å². The molecule has 1 aromatic heterocycles. The second-order valence-corrected chi connectivity index (χ2v) is 5.27. The summed E-state index contributed by atoms with van der Waals surface area (Å²) < 4.78 is 9.76. The molecule has 2 aromatic rings. The van der Waals surface area contributed by atoms with Crippen LogP contribution in [0.15, 0.2) is 48.7 Å². The zero-order valence-electron chi connectivity index (χ0n) is 14.2. The third kappa shape index (κ3) is 5.76. The van der Waals surface area contributed by atoms with Crippen molar-refractivity contribution in [3.05, 3.63) is 71.1 Å². The molecule has 1 aromatic carbocycles. The number of esters is 1. The van der Waals surface area contributed by atoms with Crippen molar-refractivity contribution in [1.29, 1.82) is 0 Å².